The van der Waals surface area contributed by atoms with Crippen LogP contribution in [0.1, 0.15) is 1.43 Å². The van der Waals surface area contributed by atoms with Crippen molar-refractivity contribution in [3.05, 3.63) is 0 Å². The fraction of sp³-hybridized carbons (Fsp3) is 0. The Morgan fingerprint density at radius 2 is 1.00 bits per heavy atom. The molecule has 0 saturated heterocycles. The van der Waals surface area contributed by atoms with Gasteiger partial charge in [0.25, 0.3) is 0 Å². The first-order valence-corrected chi connectivity index (χ1v) is 0. The molecule has 0 fully saturated rings. The minimum Gasteiger partial charge on any atom is -1.00 e. The second-order valence-corrected chi connectivity index (χ2v) is 0. The molecule has 0 aromatic heterocycles. The molecule has 0 bridgehead atoms. The summed E-state index contributed by atoms with van der Waals surface area (Å²) in [7, 11) is 0. The summed E-state index contributed by atoms with van der Waals surface area (Å²) in [5, 5.41) is 0. The molecule has 4 heteroatoms. The summed E-state index contributed by atoms with van der Waals surface area (Å²) in [5.41, 5.74) is 0. The monoisotopic (exact) mass is 286 g/mol. The van der Waals surface area contributed by atoms with Gasteiger partial charge in [0.2, 0.25) is 0 Å². The zero-order chi connectivity index (χ0) is 0. The number of rotatable bonds is 0. The first kappa shape index (κ1) is 49.2. The molecule has 0 aromatic rings. The standard InChI is InChI=1S/2FH.Li.U.H/h2*1H;;;/q;;+1;;-1. The van der Waals surface area contributed by atoms with Crippen LogP contribution in [-0.2, 0) is 0 Å². The molecule has 0 N–H and O–H groups in total. The molecular formula is H3F2LiU. The third-order valence-corrected chi connectivity index (χ3v) is 0. The van der Waals surface area contributed by atoms with Crippen molar-refractivity contribution >= 4 is 0 Å². The molecule has 0 aromatic carbocycles. The Labute approximate surface area is 60.5 Å². The third kappa shape index (κ3) is 9.70. The van der Waals surface area contributed by atoms with Crippen LogP contribution in [0.25, 0.3) is 0 Å². The van der Waals surface area contributed by atoms with Crippen molar-refractivity contribution < 1.29 is 60.8 Å². The zero-order valence-corrected chi connectivity index (χ0v) is 6.48. The van der Waals surface area contributed by atoms with Gasteiger partial charge in [-0.15, -0.1) is 0 Å². The van der Waals surface area contributed by atoms with Crippen LogP contribution in [0.15, 0.2) is 0 Å². The molecule has 0 spiro atoms. The Morgan fingerprint density at radius 3 is 1.00 bits per heavy atom. The predicted molar refractivity (Wildman–Crippen MR) is 6.12 cm³/mol. The van der Waals surface area contributed by atoms with E-state index >= 15 is 0 Å². The van der Waals surface area contributed by atoms with E-state index in [0.29, 0.717) is 0 Å². The second kappa shape index (κ2) is 24.4. The van der Waals surface area contributed by atoms with Gasteiger partial charge in [-0.3, -0.25) is 9.41 Å². The van der Waals surface area contributed by atoms with E-state index < -0.39 is 0 Å². The SMILES string of the molecule is F.F.[H-].[Li+].[U]. The first-order chi connectivity index (χ1) is 0. The van der Waals surface area contributed by atoms with Crippen molar-refractivity contribution in [2.45, 2.75) is 0 Å². The Morgan fingerprint density at radius 1 is 1.00 bits per heavy atom. The summed E-state index contributed by atoms with van der Waals surface area (Å²) in [4.78, 5) is 0. The average Bonchev–Trinajstić information content (AvgIpc) is 0. The van der Waals surface area contributed by atoms with Gasteiger partial charge < -0.3 is 1.43 Å². The molecule has 0 rings (SSSR count). The molecule has 0 amide bonds. The minimum atomic E-state index is 0. The van der Waals surface area contributed by atoms with Crippen molar-refractivity contribution in [1.29, 1.82) is 0 Å². The van der Waals surface area contributed by atoms with E-state index in [1.807, 2.05) is 0 Å². The van der Waals surface area contributed by atoms with Gasteiger partial charge in [0.05, 0.1) is 0 Å². The Kier molecular flexibility index (Phi) is 300. The minimum absolute atomic E-state index is 0. The largest absolute Gasteiger partial charge is 1.00 e. The predicted octanol–water partition coefficient (Wildman–Crippen LogP) is -2.58. The Balaban J connectivity index is 0. The fourth-order valence-corrected chi connectivity index (χ4v) is 0. The van der Waals surface area contributed by atoms with E-state index in [1.165, 1.54) is 0 Å². The molecule has 0 radical (unpaired) electrons. The molecule has 0 atom stereocenters. The van der Waals surface area contributed by atoms with Gasteiger partial charge >= 0.3 is 18.9 Å². The van der Waals surface area contributed by atoms with Gasteiger partial charge in [0.15, 0.2) is 0 Å². The van der Waals surface area contributed by atoms with E-state index in [9.17, 15) is 0 Å². The van der Waals surface area contributed by atoms with Crippen LogP contribution in [0.5, 0.6) is 0 Å². The molecular weight excluding hydrogens is 283 g/mol. The number of halogens is 2. The van der Waals surface area contributed by atoms with Gasteiger partial charge in [-0.25, -0.2) is 0 Å². The fourth-order valence-electron chi connectivity index (χ4n) is 0. The summed E-state index contributed by atoms with van der Waals surface area (Å²) in [6, 6.07) is 0. The van der Waals surface area contributed by atoms with Crippen LogP contribution in [0.3, 0.4) is 0 Å². The number of hydrogen-bond donors (Lipinski definition) is 0. The normalized spacial score (nSPS) is 0. The molecule has 4 heavy (non-hydrogen) atoms. The van der Waals surface area contributed by atoms with Crippen molar-refractivity contribution in [3.8, 4) is 0 Å². The average molecular weight is 286 g/mol. The van der Waals surface area contributed by atoms with Gasteiger partial charge in [0, 0.05) is 31.1 Å². The van der Waals surface area contributed by atoms with Crippen molar-refractivity contribution in [2.75, 3.05) is 0 Å². The topological polar surface area (TPSA) is 0 Å². The maximum absolute atomic E-state index is 0. The maximum atomic E-state index is 0. The zero-order valence-electron chi connectivity index (χ0n) is 3.32. The summed E-state index contributed by atoms with van der Waals surface area (Å²) in [6.07, 6.45) is 0. The van der Waals surface area contributed by atoms with E-state index in [0.717, 1.165) is 0 Å². The molecule has 22 valence electrons. The molecule has 0 heterocycles. The molecule has 0 aliphatic rings. The Bertz CT molecular complexity index is 9.61. The summed E-state index contributed by atoms with van der Waals surface area (Å²) in [5.74, 6) is 0. The van der Waals surface area contributed by atoms with Crippen LogP contribution in [0.2, 0.25) is 0 Å². The van der Waals surface area contributed by atoms with Crippen LogP contribution in [0, 0.1) is 31.1 Å². The van der Waals surface area contributed by atoms with Gasteiger partial charge in [-0.2, -0.15) is 0 Å². The van der Waals surface area contributed by atoms with Crippen molar-refractivity contribution in [1.82, 2.24) is 0 Å². The van der Waals surface area contributed by atoms with E-state index in [2.05, 4.69) is 0 Å². The van der Waals surface area contributed by atoms with Crippen LogP contribution in [0.4, 0.5) is 9.41 Å². The van der Waals surface area contributed by atoms with Gasteiger partial charge in [-0.05, 0) is 0 Å². The molecule has 0 nitrogen and oxygen atoms in total. The smallest absolute Gasteiger partial charge is 1.00 e. The number of hydrogen-bond acceptors (Lipinski definition) is 0. The first-order valence-electron chi connectivity index (χ1n) is 0. The maximum Gasteiger partial charge on any atom is 1.00 e. The quantitative estimate of drug-likeness (QED) is 0.429. The van der Waals surface area contributed by atoms with Crippen LogP contribution >= 0.6 is 0 Å². The molecule has 0 aliphatic heterocycles. The summed E-state index contributed by atoms with van der Waals surface area (Å²) in [6.45, 7) is 0. The van der Waals surface area contributed by atoms with Gasteiger partial charge in [-0.1, -0.05) is 0 Å². The van der Waals surface area contributed by atoms with E-state index in [1.54, 1.807) is 0 Å². The molecule has 0 saturated carbocycles. The summed E-state index contributed by atoms with van der Waals surface area (Å²) >= 11 is 0. The molecule has 0 aliphatic carbocycles. The van der Waals surface area contributed by atoms with Crippen molar-refractivity contribution in [2.24, 2.45) is 0 Å². The summed E-state index contributed by atoms with van der Waals surface area (Å²) < 4.78 is 0. The third-order valence-electron chi connectivity index (χ3n) is 0. The van der Waals surface area contributed by atoms with Crippen molar-refractivity contribution in [3.63, 3.8) is 0 Å². The van der Waals surface area contributed by atoms with Gasteiger partial charge in [0.1, 0.15) is 0 Å². The van der Waals surface area contributed by atoms with E-state index in [-0.39, 0.29) is 60.8 Å². The van der Waals surface area contributed by atoms with Crippen LogP contribution < -0.4 is 18.9 Å². The van der Waals surface area contributed by atoms with Crippen LogP contribution in [-0.4, -0.2) is 0 Å². The second-order valence-electron chi connectivity index (χ2n) is 0. The molecule has 0 unspecified atom stereocenters. The van der Waals surface area contributed by atoms with E-state index in [4.69, 9.17) is 0 Å². The Hall–Kier alpha value is 1.51.